The van der Waals surface area contributed by atoms with Gasteiger partial charge in [0.1, 0.15) is 11.5 Å². The zero-order valence-corrected chi connectivity index (χ0v) is 13.0. The number of hydrogen-bond acceptors (Lipinski definition) is 5. The van der Waals surface area contributed by atoms with Crippen LogP contribution in [0, 0.1) is 0 Å². The highest BCUT2D eigenvalue weighted by Gasteiger charge is 2.12. The summed E-state index contributed by atoms with van der Waals surface area (Å²) < 4.78 is 5.29. The van der Waals surface area contributed by atoms with E-state index in [2.05, 4.69) is 15.8 Å². The molecular formula is C17H17N3O4. The number of para-hydroxylation sites is 1. The molecule has 7 nitrogen and oxygen atoms in total. The second kappa shape index (κ2) is 8.33. The number of benzene rings is 2. The molecule has 0 saturated carbocycles. The van der Waals surface area contributed by atoms with Crippen molar-refractivity contribution in [2.75, 3.05) is 11.9 Å². The molecule has 0 bridgehead atoms. The highest BCUT2D eigenvalue weighted by molar-refractivity contribution is 6.39. The van der Waals surface area contributed by atoms with Gasteiger partial charge in [0.05, 0.1) is 12.8 Å². The molecule has 7 heteroatoms. The van der Waals surface area contributed by atoms with Crippen molar-refractivity contribution in [3.05, 3.63) is 54.1 Å². The van der Waals surface area contributed by atoms with Crippen molar-refractivity contribution in [2.45, 2.75) is 6.92 Å². The maximum Gasteiger partial charge on any atom is 0.329 e. The van der Waals surface area contributed by atoms with Crippen molar-refractivity contribution < 1.29 is 19.4 Å². The lowest BCUT2D eigenvalue weighted by Crippen LogP contribution is -2.32. The van der Waals surface area contributed by atoms with E-state index in [9.17, 15) is 14.7 Å². The Balaban J connectivity index is 1.88. The van der Waals surface area contributed by atoms with Crippen molar-refractivity contribution in [1.82, 2.24) is 5.43 Å². The summed E-state index contributed by atoms with van der Waals surface area (Å²) in [5.41, 5.74) is 2.98. The van der Waals surface area contributed by atoms with Crippen molar-refractivity contribution in [2.24, 2.45) is 5.10 Å². The highest BCUT2D eigenvalue weighted by Crippen LogP contribution is 2.15. The molecule has 0 saturated heterocycles. The molecule has 0 atom stereocenters. The van der Waals surface area contributed by atoms with E-state index in [1.54, 1.807) is 42.5 Å². The molecule has 2 amide bonds. The van der Waals surface area contributed by atoms with Gasteiger partial charge in [-0.15, -0.1) is 0 Å². The lowest BCUT2D eigenvalue weighted by atomic mass is 10.2. The summed E-state index contributed by atoms with van der Waals surface area (Å²) in [6, 6.07) is 13.1. The lowest BCUT2D eigenvalue weighted by molar-refractivity contribution is -0.136. The number of nitrogens with zero attached hydrogens (tertiary/aromatic N) is 1. The largest absolute Gasteiger partial charge is 0.507 e. The maximum atomic E-state index is 11.8. The minimum Gasteiger partial charge on any atom is -0.507 e. The molecule has 0 aliphatic carbocycles. The van der Waals surface area contributed by atoms with Gasteiger partial charge < -0.3 is 15.2 Å². The van der Waals surface area contributed by atoms with Gasteiger partial charge in [0.25, 0.3) is 0 Å². The van der Waals surface area contributed by atoms with E-state index in [0.717, 1.165) is 0 Å². The van der Waals surface area contributed by atoms with Crippen molar-refractivity contribution >= 4 is 23.7 Å². The van der Waals surface area contributed by atoms with Crippen molar-refractivity contribution in [1.29, 1.82) is 0 Å². The van der Waals surface area contributed by atoms with Crippen LogP contribution in [0.5, 0.6) is 11.5 Å². The van der Waals surface area contributed by atoms with Gasteiger partial charge in [0.15, 0.2) is 0 Å². The van der Waals surface area contributed by atoms with E-state index in [1.165, 1.54) is 12.3 Å². The number of aromatic hydroxyl groups is 1. The Labute approximate surface area is 139 Å². The van der Waals surface area contributed by atoms with Gasteiger partial charge in [-0.25, -0.2) is 5.43 Å². The standard InChI is InChI=1S/C17H17N3O4/c1-2-24-14-9-7-13(8-10-14)19-16(22)17(23)20-18-11-12-5-3-4-6-15(12)21/h3-11,21H,2H2,1H3,(H,19,22)(H,20,23). The van der Waals surface area contributed by atoms with E-state index >= 15 is 0 Å². The fraction of sp³-hybridized carbons (Fsp3) is 0.118. The average Bonchev–Trinajstić information content (AvgIpc) is 2.58. The van der Waals surface area contributed by atoms with E-state index < -0.39 is 11.8 Å². The number of carbonyl (C=O) groups excluding carboxylic acids is 2. The van der Waals surface area contributed by atoms with Crippen molar-refractivity contribution in [3.8, 4) is 11.5 Å². The fourth-order valence-corrected chi connectivity index (χ4v) is 1.80. The number of rotatable bonds is 5. The SMILES string of the molecule is CCOc1ccc(NC(=O)C(=O)NN=Cc2ccccc2O)cc1. The maximum absolute atomic E-state index is 11.8. The van der Waals surface area contributed by atoms with Crippen LogP contribution in [0.3, 0.4) is 0 Å². The topological polar surface area (TPSA) is 100 Å². The molecule has 0 radical (unpaired) electrons. The Kier molecular flexibility index (Phi) is 5.90. The third-order valence-corrected chi connectivity index (χ3v) is 2.94. The molecule has 24 heavy (non-hydrogen) atoms. The molecule has 2 rings (SSSR count). The van der Waals surface area contributed by atoms with Gasteiger partial charge in [-0.05, 0) is 43.3 Å². The summed E-state index contributed by atoms with van der Waals surface area (Å²) in [5, 5.41) is 15.6. The summed E-state index contributed by atoms with van der Waals surface area (Å²) in [5.74, 6) is -1.08. The summed E-state index contributed by atoms with van der Waals surface area (Å²) >= 11 is 0. The first-order valence-electron chi connectivity index (χ1n) is 7.25. The minimum absolute atomic E-state index is 0.0225. The molecule has 0 heterocycles. The molecule has 0 aliphatic rings. The van der Waals surface area contributed by atoms with Gasteiger partial charge in [-0.3, -0.25) is 9.59 Å². The zero-order chi connectivity index (χ0) is 17.4. The molecule has 0 unspecified atom stereocenters. The van der Waals surface area contributed by atoms with E-state index in [-0.39, 0.29) is 5.75 Å². The first-order chi connectivity index (χ1) is 11.6. The third-order valence-electron chi connectivity index (χ3n) is 2.94. The van der Waals surface area contributed by atoms with E-state index in [1.807, 2.05) is 6.92 Å². The Bertz CT molecular complexity index is 742. The van der Waals surface area contributed by atoms with Crippen molar-refractivity contribution in [3.63, 3.8) is 0 Å². The monoisotopic (exact) mass is 327 g/mol. The molecule has 0 aliphatic heterocycles. The van der Waals surface area contributed by atoms with Gasteiger partial charge in [0, 0.05) is 11.3 Å². The number of hydrogen-bond donors (Lipinski definition) is 3. The third kappa shape index (κ3) is 4.84. The van der Waals surface area contributed by atoms with Crippen LogP contribution in [0.1, 0.15) is 12.5 Å². The normalized spacial score (nSPS) is 10.4. The summed E-state index contributed by atoms with van der Waals surface area (Å²) in [4.78, 5) is 23.4. The number of carbonyl (C=O) groups is 2. The number of hydrazone groups is 1. The molecule has 3 N–H and O–H groups in total. The summed E-state index contributed by atoms with van der Waals surface area (Å²) in [6.45, 7) is 2.42. The Morgan fingerprint density at radius 1 is 1.12 bits per heavy atom. The fourth-order valence-electron chi connectivity index (χ4n) is 1.80. The van der Waals surface area contributed by atoms with E-state index in [4.69, 9.17) is 4.74 Å². The number of phenolic OH excluding ortho intramolecular Hbond substituents is 1. The first-order valence-corrected chi connectivity index (χ1v) is 7.25. The van der Waals surface area contributed by atoms with Gasteiger partial charge in [-0.1, -0.05) is 12.1 Å². The predicted octanol–water partition coefficient (Wildman–Crippen LogP) is 1.88. The molecule has 2 aromatic rings. The quantitative estimate of drug-likeness (QED) is 0.443. The number of amides is 2. The predicted molar refractivity (Wildman–Crippen MR) is 90.1 cm³/mol. The Hall–Kier alpha value is -3.35. The van der Waals surface area contributed by atoms with E-state index in [0.29, 0.717) is 23.6 Å². The summed E-state index contributed by atoms with van der Waals surface area (Å²) in [6.07, 6.45) is 1.25. The smallest absolute Gasteiger partial charge is 0.329 e. The van der Waals surface area contributed by atoms with Crippen LogP contribution in [-0.2, 0) is 9.59 Å². The Morgan fingerprint density at radius 3 is 2.50 bits per heavy atom. The second-order valence-electron chi connectivity index (χ2n) is 4.67. The average molecular weight is 327 g/mol. The number of ether oxygens (including phenoxy) is 1. The molecule has 0 spiro atoms. The number of anilines is 1. The Morgan fingerprint density at radius 2 is 1.83 bits per heavy atom. The lowest BCUT2D eigenvalue weighted by Gasteiger charge is -2.06. The minimum atomic E-state index is -0.921. The van der Waals surface area contributed by atoms with Gasteiger partial charge in [-0.2, -0.15) is 5.10 Å². The molecule has 124 valence electrons. The molecule has 0 fully saturated rings. The first kappa shape index (κ1) is 17.0. The molecular weight excluding hydrogens is 310 g/mol. The van der Waals surface area contributed by atoms with Crippen LogP contribution in [0.2, 0.25) is 0 Å². The van der Waals surface area contributed by atoms with Crippen LogP contribution in [0.25, 0.3) is 0 Å². The van der Waals surface area contributed by atoms with Gasteiger partial charge in [0.2, 0.25) is 0 Å². The zero-order valence-electron chi connectivity index (χ0n) is 13.0. The number of nitrogens with one attached hydrogen (secondary N) is 2. The van der Waals surface area contributed by atoms with Crippen LogP contribution in [-0.4, -0.2) is 29.7 Å². The van der Waals surface area contributed by atoms with Crippen LogP contribution < -0.4 is 15.5 Å². The van der Waals surface area contributed by atoms with Crippen LogP contribution >= 0.6 is 0 Å². The highest BCUT2D eigenvalue weighted by atomic mass is 16.5. The van der Waals surface area contributed by atoms with Crippen LogP contribution in [0.4, 0.5) is 5.69 Å². The number of phenols is 1. The molecule has 0 aromatic heterocycles. The second-order valence-corrected chi connectivity index (χ2v) is 4.67. The van der Waals surface area contributed by atoms with Gasteiger partial charge >= 0.3 is 11.8 Å². The summed E-state index contributed by atoms with van der Waals surface area (Å²) in [7, 11) is 0. The van der Waals surface area contributed by atoms with Crippen LogP contribution in [0.15, 0.2) is 53.6 Å². The molecule has 2 aromatic carbocycles.